The number of carbonyl (C=O) groups excluding carboxylic acids is 1. The second-order valence-electron chi connectivity index (χ2n) is 4.59. The molecule has 1 aliphatic carbocycles. The second kappa shape index (κ2) is 5.59. The summed E-state index contributed by atoms with van der Waals surface area (Å²) in [5, 5.41) is 2.66. The predicted molar refractivity (Wildman–Crippen MR) is 59.5 cm³/mol. The lowest BCUT2D eigenvalue weighted by atomic mass is 10.1. The van der Waals surface area contributed by atoms with Gasteiger partial charge in [0.25, 0.3) is 0 Å². The molecule has 1 N–H and O–H groups in total. The molecule has 0 aromatic carbocycles. The number of hydrogen-bond donors (Lipinski definition) is 1. The molecule has 1 atom stereocenters. The second-order valence-corrected chi connectivity index (χ2v) is 5.11. The fourth-order valence-corrected chi connectivity index (χ4v) is 2.30. The molecule has 0 spiro atoms. The van der Waals surface area contributed by atoms with Gasteiger partial charge in [0, 0.05) is 6.04 Å². The average molecular weight is 218 g/mol. The molecule has 1 fully saturated rings. The van der Waals surface area contributed by atoms with E-state index >= 15 is 0 Å². The summed E-state index contributed by atoms with van der Waals surface area (Å²) in [6, 6.07) is 0.385. The molecule has 1 aliphatic rings. The molecular weight excluding hydrogens is 198 g/mol. The van der Waals surface area contributed by atoms with Crippen molar-refractivity contribution in [2.24, 2.45) is 5.92 Å². The molecule has 1 saturated carbocycles. The summed E-state index contributed by atoms with van der Waals surface area (Å²) >= 11 is 5.99. The smallest absolute Gasteiger partial charge is 0.238 e. The topological polar surface area (TPSA) is 29.1 Å². The van der Waals surface area contributed by atoms with Gasteiger partial charge in [-0.25, -0.2) is 0 Å². The van der Waals surface area contributed by atoms with E-state index in [4.69, 9.17) is 11.6 Å². The van der Waals surface area contributed by atoms with Crippen molar-refractivity contribution >= 4 is 17.5 Å². The molecule has 2 nitrogen and oxygen atoms in total. The molecule has 1 rings (SSSR count). The first-order chi connectivity index (χ1) is 6.59. The zero-order chi connectivity index (χ0) is 10.6. The monoisotopic (exact) mass is 217 g/mol. The molecule has 1 unspecified atom stereocenters. The van der Waals surface area contributed by atoms with Gasteiger partial charge >= 0.3 is 0 Å². The Morgan fingerprint density at radius 2 is 2.00 bits per heavy atom. The van der Waals surface area contributed by atoms with Gasteiger partial charge in [0.1, 0.15) is 5.38 Å². The quantitative estimate of drug-likeness (QED) is 0.721. The summed E-state index contributed by atoms with van der Waals surface area (Å²) in [5.41, 5.74) is 0. The standard InChI is InChI=1S/C11H20ClNO/c1-8(2)7-10(12)11(14)13-9-5-3-4-6-9/h8-10H,3-7H2,1-2H3,(H,13,14). The zero-order valence-corrected chi connectivity index (χ0v) is 9.81. The Kier molecular flexibility index (Phi) is 4.73. The summed E-state index contributed by atoms with van der Waals surface area (Å²) < 4.78 is 0. The van der Waals surface area contributed by atoms with Crippen LogP contribution in [-0.2, 0) is 4.79 Å². The van der Waals surface area contributed by atoms with Crippen LogP contribution in [0.15, 0.2) is 0 Å². The van der Waals surface area contributed by atoms with Crippen molar-refractivity contribution in [1.82, 2.24) is 5.32 Å². The van der Waals surface area contributed by atoms with Gasteiger partial charge < -0.3 is 5.32 Å². The van der Waals surface area contributed by atoms with Crippen LogP contribution in [0.2, 0.25) is 0 Å². The van der Waals surface area contributed by atoms with Crippen LogP contribution in [0.1, 0.15) is 46.0 Å². The minimum Gasteiger partial charge on any atom is -0.352 e. The van der Waals surface area contributed by atoms with Gasteiger partial charge in [-0.3, -0.25) is 4.79 Å². The van der Waals surface area contributed by atoms with E-state index in [1.165, 1.54) is 12.8 Å². The van der Waals surface area contributed by atoms with E-state index < -0.39 is 0 Å². The Morgan fingerprint density at radius 1 is 1.43 bits per heavy atom. The van der Waals surface area contributed by atoms with Crippen LogP contribution in [0.5, 0.6) is 0 Å². The third kappa shape index (κ3) is 3.87. The fourth-order valence-electron chi connectivity index (χ4n) is 1.88. The number of halogens is 1. The Hall–Kier alpha value is -0.240. The van der Waals surface area contributed by atoms with Gasteiger partial charge in [-0.05, 0) is 25.2 Å². The van der Waals surface area contributed by atoms with Crippen LogP contribution in [0.3, 0.4) is 0 Å². The Balaban J connectivity index is 2.25. The van der Waals surface area contributed by atoms with Crippen molar-refractivity contribution in [1.29, 1.82) is 0 Å². The first-order valence-corrected chi connectivity index (χ1v) is 5.97. The maximum Gasteiger partial charge on any atom is 0.238 e. The summed E-state index contributed by atoms with van der Waals surface area (Å²) in [5.74, 6) is 0.499. The highest BCUT2D eigenvalue weighted by Crippen LogP contribution is 2.19. The van der Waals surface area contributed by atoms with E-state index in [0.717, 1.165) is 19.3 Å². The molecule has 82 valence electrons. The molecule has 1 amide bonds. The largest absolute Gasteiger partial charge is 0.352 e. The Bertz CT molecular complexity index is 188. The van der Waals surface area contributed by atoms with Crippen molar-refractivity contribution in [2.45, 2.75) is 57.4 Å². The molecule has 0 aliphatic heterocycles. The van der Waals surface area contributed by atoms with E-state index in [9.17, 15) is 4.79 Å². The molecule has 3 heteroatoms. The van der Waals surface area contributed by atoms with Crippen molar-refractivity contribution in [3.63, 3.8) is 0 Å². The normalized spacial score (nSPS) is 20.0. The van der Waals surface area contributed by atoms with E-state index in [2.05, 4.69) is 19.2 Å². The van der Waals surface area contributed by atoms with E-state index in [-0.39, 0.29) is 11.3 Å². The van der Waals surface area contributed by atoms with Crippen molar-refractivity contribution in [3.05, 3.63) is 0 Å². The van der Waals surface area contributed by atoms with Crippen LogP contribution in [0.25, 0.3) is 0 Å². The average Bonchev–Trinajstić information content (AvgIpc) is 2.55. The fraction of sp³-hybridized carbons (Fsp3) is 0.909. The lowest BCUT2D eigenvalue weighted by Crippen LogP contribution is -2.38. The van der Waals surface area contributed by atoms with E-state index in [0.29, 0.717) is 12.0 Å². The minimum absolute atomic E-state index is 0.0206. The zero-order valence-electron chi connectivity index (χ0n) is 9.05. The van der Waals surface area contributed by atoms with Crippen LogP contribution in [0, 0.1) is 5.92 Å². The van der Waals surface area contributed by atoms with Gasteiger partial charge in [-0.15, -0.1) is 11.6 Å². The highest BCUT2D eigenvalue weighted by atomic mass is 35.5. The first kappa shape index (κ1) is 11.8. The highest BCUT2D eigenvalue weighted by Gasteiger charge is 2.22. The summed E-state index contributed by atoms with van der Waals surface area (Å²) in [6.07, 6.45) is 5.48. The van der Waals surface area contributed by atoms with Crippen molar-refractivity contribution in [2.75, 3.05) is 0 Å². The molecule has 0 aromatic rings. The molecule has 0 radical (unpaired) electrons. The van der Waals surface area contributed by atoms with Crippen molar-refractivity contribution < 1.29 is 4.79 Å². The van der Waals surface area contributed by atoms with E-state index in [1.807, 2.05) is 0 Å². The number of nitrogens with one attached hydrogen (secondary N) is 1. The Morgan fingerprint density at radius 3 is 2.50 bits per heavy atom. The minimum atomic E-state index is -0.351. The Labute approximate surface area is 91.4 Å². The van der Waals surface area contributed by atoms with Crippen LogP contribution in [0.4, 0.5) is 0 Å². The van der Waals surface area contributed by atoms with Crippen LogP contribution in [-0.4, -0.2) is 17.3 Å². The SMILES string of the molecule is CC(C)CC(Cl)C(=O)NC1CCCC1. The third-order valence-corrected chi connectivity index (χ3v) is 3.04. The molecule has 0 bridgehead atoms. The van der Waals surface area contributed by atoms with Crippen LogP contribution < -0.4 is 5.32 Å². The summed E-state index contributed by atoms with van der Waals surface area (Å²) in [6.45, 7) is 4.16. The van der Waals surface area contributed by atoms with E-state index in [1.54, 1.807) is 0 Å². The highest BCUT2D eigenvalue weighted by molar-refractivity contribution is 6.30. The summed E-state index contributed by atoms with van der Waals surface area (Å²) in [7, 11) is 0. The lowest BCUT2D eigenvalue weighted by molar-refractivity contribution is -0.121. The summed E-state index contributed by atoms with van der Waals surface area (Å²) in [4.78, 5) is 11.6. The number of amides is 1. The first-order valence-electron chi connectivity index (χ1n) is 5.54. The maximum atomic E-state index is 11.6. The number of carbonyl (C=O) groups is 1. The molecule has 0 saturated heterocycles. The number of hydrogen-bond acceptors (Lipinski definition) is 1. The number of rotatable bonds is 4. The third-order valence-electron chi connectivity index (χ3n) is 2.66. The van der Waals surface area contributed by atoms with Gasteiger partial charge in [-0.1, -0.05) is 26.7 Å². The molecule has 0 heterocycles. The number of alkyl halides is 1. The lowest BCUT2D eigenvalue weighted by Gasteiger charge is -2.16. The molecule has 0 aromatic heterocycles. The van der Waals surface area contributed by atoms with Gasteiger partial charge in [0.05, 0.1) is 0 Å². The predicted octanol–water partition coefficient (Wildman–Crippen LogP) is 2.70. The van der Waals surface area contributed by atoms with Crippen molar-refractivity contribution in [3.8, 4) is 0 Å². The molecule has 14 heavy (non-hydrogen) atoms. The van der Waals surface area contributed by atoms with Gasteiger partial charge in [0.15, 0.2) is 0 Å². The van der Waals surface area contributed by atoms with Gasteiger partial charge in [-0.2, -0.15) is 0 Å². The maximum absolute atomic E-state index is 11.6. The van der Waals surface area contributed by atoms with Gasteiger partial charge in [0.2, 0.25) is 5.91 Å². The molecular formula is C11H20ClNO. The van der Waals surface area contributed by atoms with Crippen LogP contribution >= 0.6 is 11.6 Å².